The van der Waals surface area contributed by atoms with Gasteiger partial charge < -0.3 is 34.2 Å². The minimum atomic E-state index is -1.52. The Labute approximate surface area is 290 Å². The predicted octanol–water partition coefficient (Wildman–Crippen LogP) is 5.31. The number of benzene rings is 2. The van der Waals surface area contributed by atoms with Crippen LogP contribution in [0, 0.1) is 18.8 Å². The summed E-state index contributed by atoms with van der Waals surface area (Å²) in [6.45, 7) is 9.12. The molecule has 4 atom stereocenters. The molecule has 4 aromatic rings. The average Bonchev–Trinajstić information content (AvgIpc) is 3.85. The number of aryl methyl sites for hydroxylation is 1. The van der Waals surface area contributed by atoms with Gasteiger partial charge in [-0.3, -0.25) is 14.4 Å². The third-order valence-electron chi connectivity index (χ3n) is 10.6. The number of oxazole rings is 2. The summed E-state index contributed by atoms with van der Waals surface area (Å²) in [4.78, 5) is 51.9. The smallest absolute Gasteiger partial charge is 0.275 e. The molecule has 50 heavy (non-hydrogen) atoms. The van der Waals surface area contributed by atoms with Crippen LogP contribution in [0.3, 0.4) is 0 Å². The van der Waals surface area contributed by atoms with Gasteiger partial charge in [-0.05, 0) is 55.4 Å². The number of amides is 2. The molecule has 12 nitrogen and oxygen atoms in total. The van der Waals surface area contributed by atoms with Crippen molar-refractivity contribution in [3.05, 3.63) is 82.3 Å². The van der Waals surface area contributed by atoms with Gasteiger partial charge >= 0.3 is 0 Å². The number of anilines is 1. The Bertz CT molecular complexity index is 2010. The number of nitrogens with zero attached hydrogens (tertiary/aromatic N) is 3. The summed E-state index contributed by atoms with van der Waals surface area (Å²) in [6.07, 6.45) is -0.0200. The second-order valence-corrected chi connectivity index (χ2v) is 14.2. The minimum Gasteiger partial charge on any atom is -0.469 e. The van der Waals surface area contributed by atoms with Crippen molar-refractivity contribution in [2.24, 2.45) is 11.8 Å². The predicted molar refractivity (Wildman–Crippen MR) is 184 cm³/mol. The first-order valence-corrected chi connectivity index (χ1v) is 17.2. The van der Waals surface area contributed by atoms with Crippen LogP contribution in [0.15, 0.2) is 51.3 Å². The summed E-state index contributed by atoms with van der Waals surface area (Å²) < 4.78 is 19.7. The molecular formula is C38H43N5O7. The van der Waals surface area contributed by atoms with Gasteiger partial charge in [-0.25, -0.2) is 9.97 Å². The number of ketones is 1. The molecule has 1 spiro atoms. The van der Waals surface area contributed by atoms with Gasteiger partial charge in [-0.2, -0.15) is 0 Å². The summed E-state index contributed by atoms with van der Waals surface area (Å²) in [5, 5.41) is 17.8. The number of rotatable bonds is 8. The molecule has 262 valence electrons. The van der Waals surface area contributed by atoms with Gasteiger partial charge in [0.1, 0.15) is 28.6 Å². The highest BCUT2D eigenvalue weighted by Crippen LogP contribution is 2.59. The van der Waals surface area contributed by atoms with E-state index in [1.54, 1.807) is 34.9 Å². The quantitative estimate of drug-likeness (QED) is 0.222. The highest BCUT2D eigenvalue weighted by Gasteiger charge is 2.61. The SMILES string of the molecule is CCC(O)(CC)C(=O)CC1Cc2ccc3c(c2)C2(c4ccccc4N[C@H]2O3)c2oc(nc2-c2nc(C(=O)N(C)C)c(C)o2)[C@H](C(C)C)NC1=O. The molecule has 0 radical (unpaired) electrons. The summed E-state index contributed by atoms with van der Waals surface area (Å²) in [6, 6.07) is 13.0. The van der Waals surface area contributed by atoms with Crippen molar-refractivity contribution in [2.45, 2.75) is 83.6 Å². The summed E-state index contributed by atoms with van der Waals surface area (Å²) in [5.41, 5.74) is 1.20. The van der Waals surface area contributed by atoms with Crippen molar-refractivity contribution in [2.75, 3.05) is 19.4 Å². The van der Waals surface area contributed by atoms with E-state index in [9.17, 15) is 19.5 Å². The van der Waals surface area contributed by atoms with E-state index in [2.05, 4.69) is 15.6 Å². The van der Waals surface area contributed by atoms with Gasteiger partial charge in [0.2, 0.25) is 17.7 Å². The van der Waals surface area contributed by atoms with Crippen LogP contribution in [-0.4, -0.2) is 63.5 Å². The lowest BCUT2D eigenvalue weighted by molar-refractivity contribution is -0.141. The largest absolute Gasteiger partial charge is 0.469 e. The van der Waals surface area contributed by atoms with Gasteiger partial charge in [0.25, 0.3) is 5.91 Å². The van der Waals surface area contributed by atoms with E-state index in [-0.39, 0.29) is 72.4 Å². The minimum absolute atomic E-state index is 0.102. The van der Waals surface area contributed by atoms with E-state index in [0.717, 1.165) is 22.4 Å². The molecule has 3 aliphatic heterocycles. The monoisotopic (exact) mass is 681 g/mol. The number of aliphatic hydroxyl groups is 1. The number of hydrogen-bond donors (Lipinski definition) is 3. The molecule has 5 heterocycles. The molecule has 2 aromatic carbocycles. The van der Waals surface area contributed by atoms with E-state index in [4.69, 9.17) is 18.6 Å². The van der Waals surface area contributed by atoms with Crippen molar-refractivity contribution in [3.8, 4) is 17.3 Å². The first kappa shape index (κ1) is 33.5. The molecule has 7 rings (SSSR count). The van der Waals surface area contributed by atoms with Gasteiger partial charge in [-0.15, -0.1) is 0 Å². The number of carbonyl (C=O) groups excluding carboxylic acids is 3. The average molecular weight is 682 g/mol. The van der Waals surface area contributed by atoms with Crippen molar-refractivity contribution in [1.29, 1.82) is 0 Å². The van der Waals surface area contributed by atoms with E-state index in [1.165, 1.54) is 4.90 Å². The van der Waals surface area contributed by atoms with E-state index in [0.29, 0.717) is 17.3 Å². The number of nitrogens with one attached hydrogen (secondary N) is 2. The summed E-state index contributed by atoms with van der Waals surface area (Å²) >= 11 is 0. The van der Waals surface area contributed by atoms with Crippen LogP contribution < -0.4 is 15.4 Å². The summed E-state index contributed by atoms with van der Waals surface area (Å²) in [5.74, 6) is -0.321. The third-order valence-corrected chi connectivity index (χ3v) is 10.6. The molecule has 4 bridgehead atoms. The Kier molecular flexibility index (Phi) is 8.12. The summed E-state index contributed by atoms with van der Waals surface area (Å²) in [7, 11) is 3.29. The zero-order valence-electron chi connectivity index (χ0n) is 29.4. The Balaban J connectivity index is 1.48. The maximum atomic E-state index is 14.2. The van der Waals surface area contributed by atoms with Crippen molar-refractivity contribution < 1.29 is 33.1 Å². The van der Waals surface area contributed by atoms with E-state index < -0.39 is 29.2 Å². The normalized spacial score (nSPS) is 22.1. The molecule has 3 aliphatic rings. The van der Waals surface area contributed by atoms with Crippen molar-refractivity contribution in [1.82, 2.24) is 20.2 Å². The topological polar surface area (TPSA) is 160 Å². The van der Waals surface area contributed by atoms with Crippen molar-refractivity contribution >= 4 is 23.3 Å². The van der Waals surface area contributed by atoms with E-state index >= 15 is 0 Å². The molecular weight excluding hydrogens is 638 g/mol. The van der Waals surface area contributed by atoms with Gasteiger partial charge in [0, 0.05) is 37.7 Å². The van der Waals surface area contributed by atoms with Crippen LogP contribution in [0.5, 0.6) is 5.75 Å². The van der Waals surface area contributed by atoms with Gasteiger partial charge in [0.15, 0.2) is 29.2 Å². The van der Waals surface area contributed by atoms with Crippen LogP contribution in [0.25, 0.3) is 11.6 Å². The number of para-hydroxylation sites is 1. The highest BCUT2D eigenvalue weighted by molar-refractivity contribution is 5.93. The molecule has 3 N–H and O–H groups in total. The zero-order chi connectivity index (χ0) is 35.7. The Morgan fingerprint density at radius 3 is 2.50 bits per heavy atom. The lowest BCUT2D eigenvalue weighted by Gasteiger charge is -2.29. The fourth-order valence-corrected chi connectivity index (χ4v) is 7.53. The zero-order valence-corrected chi connectivity index (χ0v) is 29.4. The van der Waals surface area contributed by atoms with Gasteiger partial charge in [-0.1, -0.05) is 58.0 Å². The van der Waals surface area contributed by atoms with E-state index in [1.807, 2.05) is 56.3 Å². The molecule has 12 heteroatoms. The maximum Gasteiger partial charge on any atom is 0.275 e. The first-order chi connectivity index (χ1) is 23.8. The Hall–Kier alpha value is -4.97. The van der Waals surface area contributed by atoms with Crippen LogP contribution >= 0.6 is 0 Å². The standard InChI is InChI=1S/C38H43N5O7/c1-8-37(47,9-2)27(44)18-22-16-21-14-15-26-24(17-21)38(23-12-10-11-13-25(23)39-36(38)49-26)31-30(34-41-29(20(5)48-34)35(46)43(6)7)42-33(50-31)28(19(3)4)40-32(22)45/h10-15,17,19,22,28,36,39,47H,8-9,16,18H2,1-7H3,(H,40,45)/t22?,28-,36-,38?/m0/s1. The molecule has 0 aliphatic carbocycles. The molecule has 2 amide bonds. The maximum absolute atomic E-state index is 14.2. The second-order valence-electron chi connectivity index (χ2n) is 14.2. The lowest BCUT2D eigenvalue weighted by atomic mass is 9.72. The fourth-order valence-electron chi connectivity index (χ4n) is 7.53. The number of hydrogen-bond acceptors (Lipinski definition) is 10. The Morgan fingerprint density at radius 1 is 1.06 bits per heavy atom. The van der Waals surface area contributed by atoms with Crippen LogP contribution in [-0.2, 0) is 21.4 Å². The Morgan fingerprint density at radius 2 is 1.80 bits per heavy atom. The van der Waals surface area contributed by atoms with Crippen LogP contribution in [0.1, 0.15) is 97.6 Å². The number of aromatic nitrogens is 2. The second kappa shape index (κ2) is 12.1. The number of carbonyl (C=O) groups is 3. The lowest BCUT2D eigenvalue weighted by Crippen LogP contribution is -2.43. The van der Waals surface area contributed by atoms with Crippen LogP contribution in [0.4, 0.5) is 5.69 Å². The molecule has 0 fully saturated rings. The number of fused-ring (bicyclic) bond motifs is 4. The molecule has 2 unspecified atom stereocenters. The van der Waals surface area contributed by atoms with Crippen molar-refractivity contribution in [3.63, 3.8) is 0 Å². The first-order valence-electron chi connectivity index (χ1n) is 17.2. The molecule has 0 saturated heterocycles. The fraction of sp³-hybridized carbons (Fsp3) is 0.447. The van der Waals surface area contributed by atoms with Gasteiger partial charge in [0.05, 0.1) is 0 Å². The number of Topliss-reactive ketones (excluding diaryl/α,β-unsaturated/α-hetero) is 1. The highest BCUT2D eigenvalue weighted by atomic mass is 16.5. The van der Waals surface area contributed by atoms with Crippen LogP contribution in [0.2, 0.25) is 0 Å². The molecule has 0 saturated carbocycles. The molecule has 2 aromatic heterocycles. The number of ether oxygens (including phenoxy) is 1. The third kappa shape index (κ3) is 5.02.